The summed E-state index contributed by atoms with van der Waals surface area (Å²) >= 11 is 5.75. The van der Waals surface area contributed by atoms with Gasteiger partial charge in [0.05, 0.1) is 5.02 Å². The first-order valence-corrected chi connectivity index (χ1v) is 8.47. The number of anilines is 1. The predicted octanol–water partition coefficient (Wildman–Crippen LogP) is 4.37. The zero-order valence-electron chi connectivity index (χ0n) is 14.1. The Morgan fingerprint density at radius 1 is 1.23 bits per heavy atom. The lowest BCUT2D eigenvalue weighted by Crippen LogP contribution is -2.34. The fraction of sp³-hybridized carbons (Fsp3) is 0.158. The maximum absolute atomic E-state index is 13.2. The second-order valence-electron chi connectivity index (χ2n) is 5.78. The third-order valence-electron chi connectivity index (χ3n) is 4.04. The quantitative estimate of drug-likeness (QED) is 0.713. The maximum atomic E-state index is 13.2. The van der Waals surface area contributed by atoms with E-state index >= 15 is 0 Å². The number of nitrogens with zero attached hydrogens (tertiary/aromatic N) is 1. The molecule has 7 heteroatoms. The summed E-state index contributed by atoms with van der Waals surface area (Å²) in [6.07, 6.45) is 0. The van der Waals surface area contributed by atoms with Crippen LogP contribution in [0.2, 0.25) is 5.02 Å². The molecule has 26 heavy (non-hydrogen) atoms. The molecule has 0 saturated carbocycles. The van der Waals surface area contributed by atoms with Crippen LogP contribution in [0.3, 0.4) is 0 Å². The van der Waals surface area contributed by atoms with Gasteiger partial charge in [-0.05, 0) is 36.8 Å². The van der Waals surface area contributed by atoms with E-state index in [0.29, 0.717) is 12.2 Å². The lowest BCUT2D eigenvalue weighted by atomic mass is 10.1. The van der Waals surface area contributed by atoms with Crippen LogP contribution in [0.25, 0.3) is 10.9 Å². The number of pyridine rings is 1. The van der Waals surface area contributed by atoms with Crippen molar-refractivity contribution in [2.45, 2.75) is 13.5 Å². The third kappa shape index (κ3) is 3.86. The number of urea groups is 1. The molecule has 1 aromatic heterocycles. The van der Waals surface area contributed by atoms with E-state index in [1.54, 1.807) is 4.90 Å². The number of aromatic nitrogens is 1. The number of para-hydroxylation sites is 1. The van der Waals surface area contributed by atoms with Crippen LogP contribution in [0.4, 0.5) is 14.9 Å². The average Bonchev–Trinajstić information content (AvgIpc) is 2.62. The number of carbonyl (C=O) groups is 1. The van der Waals surface area contributed by atoms with E-state index in [1.807, 2.05) is 31.2 Å². The molecule has 0 saturated heterocycles. The Hall–Kier alpha value is -2.86. The van der Waals surface area contributed by atoms with Crippen LogP contribution < -0.4 is 10.9 Å². The van der Waals surface area contributed by atoms with Gasteiger partial charge in [0.2, 0.25) is 5.56 Å². The number of hydrogen-bond acceptors (Lipinski definition) is 2. The molecule has 134 valence electrons. The summed E-state index contributed by atoms with van der Waals surface area (Å²) in [6.45, 7) is 2.54. The molecule has 0 spiro atoms. The van der Waals surface area contributed by atoms with E-state index < -0.39 is 5.82 Å². The highest BCUT2D eigenvalue weighted by molar-refractivity contribution is 6.31. The summed E-state index contributed by atoms with van der Waals surface area (Å²) in [7, 11) is 0. The molecule has 0 atom stereocenters. The van der Waals surface area contributed by atoms with Gasteiger partial charge in [-0.15, -0.1) is 0 Å². The minimum Gasteiger partial charge on any atom is -0.322 e. The van der Waals surface area contributed by atoms with Crippen LogP contribution in [-0.2, 0) is 6.54 Å². The molecule has 0 radical (unpaired) electrons. The van der Waals surface area contributed by atoms with Crippen molar-refractivity contribution in [1.82, 2.24) is 9.88 Å². The number of halogens is 2. The number of amides is 2. The average molecular weight is 374 g/mol. The van der Waals surface area contributed by atoms with E-state index in [9.17, 15) is 14.0 Å². The molecule has 0 aliphatic carbocycles. The number of rotatable bonds is 4. The lowest BCUT2D eigenvalue weighted by molar-refractivity contribution is 0.212. The van der Waals surface area contributed by atoms with Crippen LogP contribution in [0, 0.1) is 5.82 Å². The van der Waals surface area contributed by atoms with Crippen molar-refractivity contribution in [1.29, 1.82) is 0 Å². The second-order valence-corrected chi connectivity index (χ2v) is 6.18. The van der Waals surface area contributed by atoms with Gasteiger partial charge in [-0.2, -0.15) is 0 Å². The summed E-state index contributed by atoms with van der Waals surface area (Å²) in [6, 6.07) is 12.5. The van der Waals surface area contributed by atoms with Crippen LogP contribution in [-0.4, -0.2) is 22.5 Å². The highest BCUT2D eigenvalue weighted by Gasteiger charge is 2.15. The highest BCUT2D eigenvalue weighted by atomic mass is 35.5. The van der Waals surface area contributed by atoms with Crippen LogP contribution in [0.15, 0.2) is 53.3 Å². The predicted molar refractivity (Wildman–Crippen MR) is 101 cm³/mol. The van der Waals surface area contributed by atoms with Crippen molar-refractivity contribution in [2.75, 3.05) is 11.9 Å². The zero-order valence-corrected chi connectivity index (χ0v) is 14.8. The standard InChI is InChI=1S/C19H17ClFN3O2/c1-2-24(19(26)22-13-7-8-16(21)15(20)10-13)11-12-9-18(25)23-17-6-4-3-5-14(12)17/h3-10H,2,11H2,1H3,(H,22,26)(H,23,25). The number of fused-ring (bicyclic) bond motifs is 1. The Labute approximate surface area is 154 Å². The molecule has 2 aromatic carbocycles. The molecule has 3 aromatic rings. The SMILES string of the molecule is CCN(Cc1cc(=O)[nH]c2ccccc12)C(=O)Nc1ccc(F)c(Cl)c1. The fourth-order valence-electron chi connectivity index (χ4n) is 2.72. The van der Waals surface area contributed by atoms with E-state index in [2.05, 4.69) is 10.3 Å². The first-order valence-electron chi connectivity index (χ1n) is 8.10. The summed E-state index contributed by atoms with van der Waals surface area (Å²) in [5.74, 6) is -0.549. The van der Waals surface area contributed by atoms with Crippen molar-refractivity contribution in [2.24, 2.45) is 0 Å². The Morgan fingerprint density at radius 2 is 2.00 bits per heavy atom. The third-order valence-corrected chi connectivity index (χ3v) is 4.33. The monoisotopic (exact) mass is 373 g/mol. The van der Waals surface area contributed by atoms with Gasteiger partial charge in [-0.1, -0.05) is 29.8 Å². The summed E-state index contributed by atoms with van der Waals surface area (Å²) < 4.78 is 13.2. The largest absolute Gasteiger partial charge is 0.322 e. The van der Waals surface area contributed by atoms with Gasteiger partial charge < -0.3 is 15.2 Å². The number of benzene rings is 2. The van der Waals surface area contributed by atoms with Gasteiger partial charge in [0.15, 0.2) is 0 Å². The lowest BCUT2D eigenvalue weighted by Gasteiger charge is -2.22. The van der Waals surface area contributed by atoms with Crippen molar-refractivity contribution in [3.8, 4) is 0 Å². The van der Waals surface area contributed by atoms with E-state index in [0.717, 1.165) is 16.5 Å². The van der Waals surface area contributed by atoms with Crippen LogP contribution >= 0.6 is 11.6 Å². The summed E-state index contributed by atoms with van der Waals surface area (Å²) in [5.41, 5.74) is 1.64. The van der Waals surface area contributed by atoms with E-state index in [1.165, 1.54) is 24.3 Å². The molecule has 0 aliphatic heterocycles. The van der Waals surface area contributed by atoms with Gasteiger partial charge >= 0.3 is 6.03 Å². The highest BCUT2D eigenvalue weighted by Crippen LogP contribution is 2.21. The van der Waals surface area contributed by atoms with Crippen molar-refractivity contribution < 1.29 is 9.18 Å². The molecule has 1 heterocycles. The Kier molecular flexibility index (Phi) is 5.23. The van der Waals surface area contributed by atoms with Gasteiger partial charge in [0.25, 0.3) is 0 Å². The smallest absolute Gasteiger partial charge is 0.322 e. The van der Waals surface area contributed by atoms with Gasteiger partial charge in [-0.3, -0.25) is 4.79 Å². The van der Waals surface area contributed by atoms with E-state index in [-0.39, 0.29) is 23.2 Å². The van der Waals surface area contributed by atoms with Gasteiger partial charge in [-0.25, -0.2) is 9.18 Å². The number of carbonyl (C=O) groups excluding carboxylic acids is 1. The van der Waals surface area contributed by atoms with E-state index in [4.69, 9.17) is 11.6 Å². The van der Waals surface area contributed by atoms with Gasteiger partial charge in [0, 0.05) is 35.7 Å². The number of H-pyrrole nitrogens is 1. The molecule has 3 rings (SSSR count). The molecule has 0 unspecified atom stereocenters. The van der Waals surface area contributed by atoms with Gasteiger partial charge in [0.1, 0.15) is 5.82 Å². The summed E-state index contributed by atoms with van der Waals surface area (Å²) in [4.78, 5) is 28.8. The normalized spacial score (nSPS) is 10.7. The second kappa shape index (κ2) is 7.58. The molecule has 0 bridgehead atoms. The summed E-state index contributed by atoms with van der Waals surface area (Å²) in [5, 5.41) is 3.51. The van der Waals surface area contributed by atoms with Crippen molar-refractivity contribution in [3.05, 3.63) is 75.3 Å². The minimum absolute atomic E-state index is 0.0635. The zero-order chi connectivity index (χ0) is 18.7. The van der Waals surface area contributed by atoms with Crippen molar-refractivity contribution in [3.63, 3.8) is 0 Å². The molecule has 0 aliphatic rings. The number of nitrogens with one attached hydrogen (secondary N) is 2. The van der Waals surface area contributed by atoms with Crippen LogP contribution in [0.1, 0.15) is 12.5 Å². The molecule has 0 fully saturated rings. The number of hydrogen-bond donors (Lipinski definition) is 2. The maximum Gasteiger partial charge on any atom is 0.322 e. The minimum atomic E-state index is -0.549. The van der Waals surface area contributed by atoms with Crippen LogP contribution in [0.5, 0.6) is 0 Å². The molecular weight excluding hydrogens is 357 g/mol. The molecule has 2 amide bonds. The Balaban J connectivity index is 1.84. The fourth-order valence-corrected chi connectivity index (χ4v) is 2.90. The topological polar surface area (TPSA) is 65.2 Å². The Morgan fingerprint density at radius 3 is 2.73 bits per heavy atom. The Bertz CT molecular complexity index is 1020. The first kappa shape index (κ1) is 17.9. The first-order chi connectivity index (χ1) is 12.5. The van der Waals surface area contributed by atoms with Crippen molar-refractivity contribution >= 4 is 34.2 Å². The molecule has 5 nitrogen and oxygen atoms in total. The molecule has 2 N–H and O–H groups in total. The number of aromatic amines is 1. The molecular formula is C19H17ClFN3O2.